The normalized spacial score (nSPS) is 15.1. The molecule has 1 aromatic heterocycles. The van der Waals surface area contributed by atoms with Gasteiger partial charge in [-0.05, 0) is 74.2 Å². The third-order valence-corrected chi connectivity index (χ3v) is 4.77. The second-order valence-electron chi connectivity index (χ2n) is 6.92. The fourth-order valence-corrected chi connectivity index (χ4v) is 3.52. The number of halogens is 2. The highest BCUT2D eigenvalue weighted by Gasteiger charge is 2.16. The molecule has 140 valence electrons. The van der Waals surface area contributed by atoms with Gasteiger partial charge in [0, 0.05) is 11.8 Å². The third-order valence-electron chi connectivity index (χ3n) is 4.77. The zero-order valence-electron chi connectivity index (χ0n) is 15.0. The van der Waals surface area contributed by atoms with E-state index in [0.29, 0.717) is 11.9 Å². The molecular formula is C20H21F2N5. The molecule has 27 heavy (non-hydrogen) atoms. The Morgan fingerprint density at radius 3 is 2.52 bits per heavy atom. The minimum atomic E-state index is -0.652. The highest BCUT2D eigenvalue weighted by atomic mass is 19.1. The van der Waals surface area contributed by atoms with Gasteiger partial charge in [-0.1, -0.05) is 6.07 Å². The van der Waals surface area contributed by atoms with Crippen LogP contribution in [0, 0.1) is 18.6 Å². The Balaban J connectivity index is 1.56. The van der Waals surface area contributed by atoms with E-state index < -0.39 is 11.6 Å². The summed E-state index contributed by atoms with van der Waals surface area (Å²) in [6.45, 7) is 4.15. The first-order valence-electron chi connectivity index (χ1n) is 9.04. The molecule has 0 spiro atoms. The third kappa shape index (κ3) is 4.14. The van der Waals surface area contributed by atoms with Crippen molar-refractivity contribution in [3.05, 3.63) is 65.5 Å². The van der Waals surface area contributed by atoms with Gasteiger partial charge in [0.2, 0.25) is 5.95 Å². The van der Waals surface area contributed by atoms with Crippen molar-refractivity contribution in [1.82, 2.24) is 20.1 Å². The fraction of sp³-hybridized carbons (Fsp3) is 0.300. The highest BCUT2D eigenvalue weighted by Crippen LogP contribution is 2.29. The lowest BCUT2D eigenvalue weighted by atomic mass is 9.89. The smallest absolute Gasteiger partial charge is 0.246 e. The van der Waals surface area contributed by atoms with Crippen molar-refractivity contribution in [2.75, 3.05) is 18.4 Å². The van der Waals surface area contributed by atoms with E-state index in [2.05, 4.69) is 39.8 Å². The molecule has 3 aromatic rings. The highest BCUT2D eigenvalue weighted by molar-refractivity contribution is 5.56. The Bertz CT molecular complexity index is 927. The Labute approximate surface area is 156 Å². The molecule has 2 heterocycles. The van der Waals surface area contributed by atoms with E-state index in [1.54, 1.807) is 0 Å². The molecule has 1 saturated heterocycles. The van der Waals surface area contributed by atoms with Crippen molar-refractivity contribution in [2.24, 2.45) is 0 Å². The van der Waals surface area contributed by atoms with Crippen LogP contribution in [0.3, 0.4) is 0 Å². The zero-order chi connectivity index (χ0) is 18.8. The summed E-state index contributed by atoms with van der Waals surface area (Å²) in [6.07, 6.45) is 3.68. The molecule has 0 saturated carbocycles. The molecule has 0 radical (unpaired) electrons. The molecular weight excluding hydrogens is 348 g/mol. The molecule has 1 aliphatic heterocycles. The largest absolute Gasteiger partial charge is 0.323 e. The average Bonchev–Trinajstić information content (AvgIpc) is 3.10. The number of piperidine rings is 1. The van der Waals surface area contributed by atoms with E-state index in [9.17, 15) is 8.78 Å². The van der Waals surface area contributed by atoms with E-state index in [0.717, 1.165) is 37.7 Å². The minimum absolute atomic E-state index is 0.285. The average molecular weight is 369 g/mol. The maximum Gasteiger partial charge on any atom is 0.246 e. The lowest BCUT2D eigenvalue weighted by Gasteiger charge is -2.23. The van der Waals surface area contributed by atoms with Crippen LogP contribution in [-0.2, 0) is 0 Å². The molecule has 1 aliphatic rings. The van der Waals surface area contributed by atoms with Gasteiger partial charge >= 0.3 is 0 Å². The Morgan fingerprint density at radius 2 is 1.78 bits per heavy atom. The van der Waals surface area contributed by atoms with Gasteiger partial charge in [0.05, 0.1) is 5.69 Å². The topological polar surface area (TPSA) is 54.8 Å². The van der Waals surface area contributed by atoms with Crippen molar-refractivity contribution in [3.8, 4) is 5.69 Å². The molecule has 1 fully saturated rings. The number of nitrogens with zero attached hydrogens (tertiary/aromatic N) is 3. The second-order valence-corrected chi connectivity index (χ2v) is 6.92. The summed E-state index contributed by atoms with van der Waals surface area (Å²) in [5.74, 6) is -0.380. The number of hydrogen-bond donors (Lipinski definition) is 2. The Hall–Kier alpha value is -2.80. The van der Waals surface area contributed by atoms with E-state index in [4.69, 9.17) is 0 Å². The number of benzene rings is 2. The zero-order valence-corrected chi connectivity index (χ0v) is 15.0. The fourth-order valence-electron chi connectivity index (χ4n) is 3.52. The van der Waals surface area contributed by atoms with Crippen LogP contribution in [0.1, 0.15) is 29.9 Å². The SMILES string of the molecule is Cc1cc(Nc2ncn(-c3cc(F)cc(F)c3)n2)cc(C2CCNCC2)c1. The van der Waals surface area contributed by atoms with Crippen LogP contribution in [0.2, 0.25) is 0 Å². The van der Waals surface area contributed by atoms with Crippen LogP contribution in [0.25, 0.3) is 5.69 Å². The first kappa shape index (κ1) is 17.6. The molecule has 0 atom stereocenters. The predicted molar refractivity (Wildman–Crippen MR) is 101 cm³/mol. The van der Waals surface area contributed by atoms with Gasteiger partial charge in [0.25, 0.3) is 0 Å². The number of nitrogens with one attached hydrogen (secondary N) is 2. The monoisotopic (exact) mass is 369 g/mol. The van der Waals surface area contributed by atoms with Crippen LogP contribution >= 0.6 is 0 Å². The number of anilines is 2. The van der Waals surface area contributed by atoms with Crippen molar-refractivity contribution >= 4 is 11.6 Å². The first-order valence-corrected chi connectivity index (χ1v) is 9.04. The molecule has 0 amide bonds. The Morgan fingerprint density at radius 1 is 1.04 bits per heavy atom. The van der Waals surface area contributed by atoms with Crippen LogP contribution < -0.4 is 10.6 Å². The number of rotatable bonds is 4. The van der Waals surface area contributed by atoms with Crippen LogP contribution in [0.15, 0.2) is 42.7 Å². The molecule has 0 aliphatic carbocycles. The molecule has 2 N–H and O–H groups in total. The number of aryl methyl sites for hydroxylation is 1. The van der Waals surface area contributed by atoms with E-state index in [1.165, 1.54) is 34.3 Å². The summed E-state index contributed by atoms with van der Waals surface area (Å²) < 4.78 is 28.2. The number of hydrogen-bond acceptors (Lipinski definition) is 4. The molecule has 7 heteroatoms. The van der Waals surface area contributed by atoms with Crippen LogP contribution in [0.5, 0.6) is 0 Å². The second kappa shape index (κ2) is 7.44. The molecule has 0 unspecified atom stereocenters. The molecule has 5 nitrogen and oxygen atoms in total. The summed E-state index contributed by atoms with van der Waals surface area (Å²) in [5.41, 5.74) is 3.67. The lowest BCUT2D eigenvalue weighted by Crippen LogP contribution is -2.26. The van der Waals surface area contributed by atoms with Crippen LogP contribution in [-0.4, -0.2) is 27.9 Å². The van der Waals surface area contributed by atoms with Gasteiger partial charge in [-0.3, -0.25) is 0 Å². The summed E-state index contributed by atoms with van der Waals surface area (Å²) in [5, 5.41) is 10.9. The Kier molecular flexibility index (Phi) is 4.85. The summed E-state index contributed by atoms with van der Waals surface area (Å²) in [4.78, 5) is 4.20. The molecule has 4 rings (SSSR count). The standard InChI is InChI=1S/C20H21F2N5/c1-13-6-15(14-2-4-23-5-3-14)8-18(7-13)25-20-24-12-27(26-20)19-10-16(21)9-17(22)11-19/h6-12,14,23H,2-5H2,1H3,(H,25,26). The summed E-state index contributed by atoms with van der Waals surface area (Å²) >= 11 is 0. The van der Waals surface area contributed by atoms with Crippen molar-refractivity contribution in [1.29, 1.82) is 0 Å². The maximum atomic E-state index is 13.4. The van der Waals surface area contributed by atoms with E-state index in [1.807, 2.05) is 6.07 Å². The van der Waals surface area contributed by atoms with Crippen molar-refractivity contribution in [2.45, 2.75) is 25.7 Å². The maximum absolute atomic E-state index is 13.4. The first-order chi connectivity index (χ1) is 13.1. The molecule has 0 bridgehead atoms. The van der Waals surface area contributed by atoms with Gasteiger partial charge in [-0.15, -0.1) is 5.10 Å². The van der Waals surface area contributed by atoms with Gasteiger partial charge in [0.15, 0.2) is 0 Å². The van der Waals surface area contributed by atoms with Crippen molar-refractivity contribution in [3.63, 3.8) is 0 Å². The van der Waals surface area contributed by atoms with Gasteiger partial charge < -0.3 is 10.6 Å². The van der Waals surface area contributed by atoms with Crippen molar-refractivity contribution < 1.29 is 8.78 Å². The predicted octanol–water partition coefficient (Wildman–Crippen LogP) is 4.06. The van der Waals surface area contributed by atoms with Gasteiger partial charge in [-0.2, -0.15) is 4.98 Å². The summed E-state index contributed by atoms with van der Waals surface area (Å²) in [6, 6.07) is 9.64. The van der Waals surface area contributed by atoms with Crippen LogP contribution in [0.4, 0.5) is 20.4 Å². The minimum Gasteiger partial charge on any atom is -0.323 e. The summed E-state index contributed by atoms with van der Waals surface area (Å²) in [7, 11) is 0. The van der Waals surface area contributed by atoms with E-state index >= 15 is 0 Å². The van der Waals surface area contributed by atoms with Gasteiger partial charge in [-0.25, -0.2) is 13.5 Å². The lowest BCUT2D eigenvalue weighted by molar-refractivity contribution is 0.460. The number of aromatic nitrogens is 3. The molecule has 2 aromatic carbocycles. The van der Waals surface area contributed by atoms with Gasteiger partial charge in [0.1, 0.15) is 18.0 Å². The van der Waals surface area contributed by atoms with E-state index in [-0.39, 0.29) is 5.69 Å². The quantitative estimate of drug-likeness (QED) is 0.728.